The van der Waals surface area contributed by atoms with E-state index in [4.69, 9.17) is 21.6 Å². The standard InChI is InChI=1S/C15H16ClN3O2/c1-3-9(4-5-17)19-15(20)11-8-18-13-7-12(16)14(21-2)6-10(11)13/h6-9,18H,3-4H2,1-2H3,(H,19,20)/t9-/m0/s1. The number of benzene rings is 1. The number of nitrogens with zero attached hydrogens (tertiary/aromatic N) is 1. The van der Waals surface area contributed by atoms with Gasteiger partial charge in [0.25, 0.3) is 5.91 Å². The molecule has 0 aliphatic carbocycles. The van der Waals surface area contributed by atoms with Crippen LogP contribution in [0.25, 0.3) is 10.9 Å². The van der Waals surface area contributed by atoms with E-state index in [0.717, 1.165) is 10.9 Å². The van der Waals surface area contributed by atoms with Gasteiger partial charge in [0.2, 0.25) is 0 Å². The molecule has 0 aliphatic rings. The smallest absolute Gasteiger partial charge is 0.253 e. The van der Waals surface area contributed by atoms with Crippen molar-refractivity contribution in [3.05, 3.63) is 28.9 Å². The largest absolute Gasteiger partial charge is 0.495 e. The second-order valence-corrected chi connectivity index (χ2v) is 5.08. The predicted molar refractivity (Wildman–Crippen MR) is 81.6 cm³/mol. The van der Waals surface area contributed by atoms with Crippen LogP contribution in [-0.2, 0) is 0 Å². The molecule has 2 rings (SSSR count). The number of nitriles is 1. The number of hydrogen-bond acceptors (Lipinski definition) is 3. The van der Waals surface area contributed by atoms with E-state index in [0.29, 0.717) is 29.2 Å². The second-order valence-electron chi connectivity index (χ2n) is 4.68. The lowest BCUT2D eigenvalue weighted by Gasteiger charge is -2.13. The van der Waals surface area contributed by atoms with Crippen LogP contribution in [0.15, 0.2) is 18.3 Å². The van der Waals surface area contributed by atoms with E-state index in [-0.39, 0.29) is 11.9 Å². The quantitative estimate of drug-likeness (QED) is 0.890. The Kier molecular flexibility index (Phi) is 4.71. The van der Waals surface area contributed by atoms with Crippen molar-refractivity contribution in [3.8, 4) is 11.8 Å². The van der Waals surface area contributed by atoms with E-state index in [1.165, 1.54) is 7.11 Å². The zero-order valence-electron chi connectivity index (χ0n) is 11.9. The number of amides is 1. The molecule has 0 unspecified atom stereocenters. The maximum absolute atomic E-state index is 12.3. The van der Waals surface area contributed by atoms with Crippen LogP contribution >= 0.6 is 11.6 Å². The first-order chi connectivity index (χ1) is 10.1. The highest BCUT2D eigenvalue weighted by Gasteiger charge is 2.17. The molecule has 1 aromatic carbocycles. The maximum atomic E-state index is 12.3. The molecule has 0 aliphatic heterocycles. The summed E-state index contributed by atoms with van der Waals surface area (Å²) in [6.45, 7) is 1.93. The van der Waals surface area contributed by atoms with Crippen LogP contribution in [0.4, 0.5) is 0 Å². The fourth-order valence-electron chi connectivity index (χ4n) is 2.14. The van der Waals surface area contributed by atoms with Crippen molar-refractivity contribution >= 4 is 28.4 Å². The molecule has 6 heteroatoms. The average Bonchev–Trinajstić information content (AvgIpc) is 2.88. The highest BCUT2D eigenvalue weighted by atomic mass is 35.5. The van der Waals surface area contributed by atoms with E-state index in [2.05, 4.69) is 16.4 Å². The number of aromatic amines is 1. The minimum absolute atomic E-state index is 0.151. The van der Waals surface area contributed by atoms with Gasteiger partial charge in [-0.15, -0.1) is 0 Å². The van der Waals surface area contributed by atoms with Gasteiger partial charge in [-0.05, 0) is 18.6 Å². The van der Waals surface area contributed by atoms with Crippen molar-refractivity contribution in [3.63, 3.8) is 0 Å². The van der Waals surface area contributed by atoms with Gasteiger partial charge < -0.3 is 15.0 Å². The molecule has 1 atom stereocenters. The third-order valence-electron chi connectivity index (χ3n) is 3.36. The molecular weight excluding hydrogens is 290 g/mol. The molecule has 21 heavy (non-hydrogen) atoms. The number of aromatic nitrogens is 1. The predicted octanol–water partition coefficient (Wildman–Crippen LogP) is 3.25. The molecular formula is C15H16ClN3O2. The van der Waals surface area contributed by atoms with Crippen LogP contribution < -0.4 is 10.1 Å². The van der Waals surface area contributed by atoms with Gasteiger partial charge >= 0.3 is 0 Å². The van der Waals surface area contributed by atoms with Gasteiger partial charge in [0.15, 0.2) is 0 Å². The van der Waals surface area contributed by atoms with Crippen LogP contribution in [0.1, 0.15) is 30.1 Å². The number of rotatable bonds is 5. The number of hydrogen-bond donors (Lipinski definition) is 2. The minimum Gasteiger partial charge on any atom is -0.495 e. The lowest BCUT2D eigenvalue weighted by atomic mass is 10.1. The van der Waals surface area contributed by atoms with Crippen molar-refractivity contribution in [1.29, 1.82) is 5.26 Å². The van der Waals surface area contributed by atoms with Crippen LogP contribution in [0, 0.1) is 11.3 Å². The number of carbonyl (C=O) groups is 1. The van der Waals surface area contributed by atoms with Crippen molar-refractivity contribution in [2.45, 2.75) is 25.8 Å². The molecule has 0 saturated heterocycles. The summed E-state index contributed by atoms with van der Waals surface area (Å²) in [5, 5.41) is 12.8. The summed E-state index contributed by atoms with van der Waals surface area (Å²) >= 11 is 6.06. The first-order valence-corrected chi connectivity index (χ1v) is 7.00. The van der Waals surface area contributed by atoms with Crippen molar-refractivity contribution in [2.75, 3.05) is 7.11 Å². The molecule has 2 aromatic rings. The molecule has 1 aromatic heterocycles. The third-order valence-corrected chi connectivity index (χ3v) is 3.66. The van der Waals surface area contributed by atoms with Gasteiger partial charge in [0.05, 0.1) is 30.2 Å². The number of ether oxygens (including phenoxy) is 1. The summed E-state index contributed by atoms with van der Waals surface area (Å²) in [5.41, 5.74) is 1.27. The Balaban J connectivity index is 2.33. The average molecular weight is 306 g/mol. The number of methoxy groups -OCH3 is 1. The summed E-state index contributed by atoms with van der Waals surface area (Å²) in [7, 11) is 1.53. The number of halogens is 1. The van der Waals surface area contributed by atoms with Crippen LogP contribution in [0.3, 0.4) is 0 Å². The van der Waals surface area contributed by atoms with Gasteiger partial charge in [-0.1, -0.05) is 18.5 Å². The van der Waals surface area contributed by atoms with Crippen molar-refractivity contribution in [2.24, 2.45) is 0 Å². The summed E-state index contributed by atoms with van der Waals surface area (Å²) in [4.78, 5) is 15.4. The molecule has 0 spiro atoms. The zero-order chi connectivity index (χ0) is 15.4. The Labute approximate surface area is 127 Å². The van der Waals surface area contributed by atoms with E-state index in [9.17, 15) is 4.79 Å². The molecule has 0 fully saturated rings. The van der Waals surface area contributed by atoms with Crippen LogP contribution in [-0.4, -0.2) is 24.0 Å². The Hall–Kier alpha value is -2.19. The van der Waals surface area contributed by atoms with Crippen molar-refractivity contribution < 1.29 is 9.53 Å². The lowest BCUT2D eigenvalue weighted by Crippen LogP contribution is -2.33. The molecule has 0 radical (unpaired) electrons. The minimum atomic E-state index is -0.215. The monoisotopic (exact) mass is 305 g/mol. The first kappa shape index (κ1) is 15.2. The van der Waals surface area contributed by atoms with Crippen LogP contribution in [0.2, 0.25) is 5.02 Å². The number of carbonyl (C=O) groups excluding carboxylic acids is 1. The Morgan fingerprint density at radius 1 is 1.57 bits per heavy atom. The molecule has 1 amide bonds. The third kappa shape index (κ3) is 3.11. The highest BCUT2D eigenvalue weighted by molar-refractivity contribution is 6.33. The van der Waals surface area contributed by atoms with Gasteiger partial charge in [-0.25, -0.2) is 0 Å². The summed E-state index contributed by atoms with van der Waals surface area (Å²) in [6.07, 6.45) is 2.63. The van der Waals surface area contributed by atoms with Gasteiger partial charge in [-0.2, -0.15) is 5.26 Å². The SMILES string of the molecule is CC[C@@H](CC#N)NC(=O)c1c[nH]c2cc(Cl)c(OC)cc12. The van der Waals surface area contributed by atoms with Gasteiger partial charge in [0.1, 0.15) is 5.75 Å². The molecule has 5 nitrogen and oxygen atoms in total. The first-order valence-electron chi connectivity index (χ1n) is 6.63. The fourth-order valence-corrected chi connectivity index (χ4v) is 2.38. The molecule has 0 saturated carbocycles. The Morgan fingerprint density at radius 3 is 2.95 bits per heavy atom. The summed E-state index contributed by atoms with van der Waals surface area (Å²) < 4.78 is 5.18. The fraction of sp³-hybridized carbons (Fsp3) is 0.333. The topological polar surface area (TPSA) is 77.9 Å². The Morgan fingerprint density at radius 2 is 2.33 bits per heavy atom. The number of H-pyrrole nitrogens is 1. The number of nitrogens with one attached hydrogen (secondary N) is 2. The van der Waals surface area contributed by atoms with Crippen molar-refractivity contribution in [1.82, 2.24) is 10.3 Å². The summed E-state index contributed by atoms with van der Waals surface area (Å²) in [5.74, 6) is 0.301. The molecule has 1 heterocycles. The van der Waals surface area contributed by atoms with Gasteiger partial charge in [0, 0.05) is 23.1 Å². The summed E-state index contributed by atoms with van der Waals surface area (Å²) in [6, 6.07) is 5.37. The second kappa shape index (κ2) is 6.51. The molecule has 110 valence electrons. The number of fused-ring (bicyclic) bond motifs is 1. The van der Waals surface area contributed by atoms with E-state index in [1.807, 2.05) is 6.92 Å². The molecule has 0 bridgehead atoms. The zero-order valence-corrected chi connectivity index (χ0v) is 12.6. The highest BCUT2D eigenvalue weighted by Crippen LogP contribution is 2.31. The Bertz CT molecular complexity index is 703. The van der Waals surface area contributed by atoms with Gasteiger partial charge in [-0.3, -0.25) is 4.79 Å². The normalized spacial score (nSPS) is 11.9. The lowest BCUT2D eigenvalue weighted by molar-refractivity contribution is 0.0938. The van der Waals surface area contributed by atoms with E-state index >= 15 is 0 Å². The van der Waals surface area contributed by atoms with Crippen LogP contribution in [0.5, 0.6) is 5.75 Å². The van der Waals surface area contributed by atoms with E-state index < -0.39 is 0 Å². The van der Waals surface area contributed by atoms with E-state index in [1.54, 1.807) is 18.3 Å². The maximum Gasteiger partial charge on any atom is 0.253 e. The molecule has 2 N–H and O–H groups in total.